The Balaban J connectivity index is 2.73. The molecule has 1 aromatic carbocycles. The topological polar surface area (TPSA) is 54.4 Å². The number of hydrogen-bond donors (Lipinski definition) is 1. The van der Waals surface area contributed by atoms with Crippen molar-refractivity contribution in [3.05, 3.63) is 35.9 Å². The highest BCUT2D eigenvalue weighted by Gasteiger charge is 2.08. The molecule has 3 heteroatoms. The molecule has 1 radical (unpaired) electrons. The number of carbonyl (C=O) groups is 2. The van der Waals surface area contributed by atoms with E-state index in [9.17, 15) is 9.59 Å². The van der Waals surface area contributed by atoms with Crippen LogP contribution in [0.15, 0.2) is 24.3 Å². The van der Waals surface area contributed by atoms with Gasteiger partial charge in [0, 0.05) is 5.56 Å². The largest absolute Gasteiger partial charge is 0.481 e. The fourth-order valence-electron chi connectivity index (χ4n) is 0.812. The van der Waals surface area contributed by atoms with Crippen LogP contribution in [-0.2, 0) is 4.79 Å². The molecule has 0 amide bonds. The van der Waals surface area contributed by atoms with Gasteiger partial charge in [-0.15, -0.1) is 0 Å². The first-order valence-electron chi connectivity index (χ1n) is 3.41. The molecule has 0 fully saturated rings. The van der Waals surface area contributed by atoms with Crippen molar-refractivity contribution in [1.82, 2.24) is 0 Å². The van der Waals surface area contributed by atoms with Crippen molar-refractivity contribution in [2.45, 2.75) is 6.42 Å². The van der Waals surface area contributed by atoms with Gasteiger partial charge in [-0.1, -0.05) is 24.3 Å². The van der Waals surface area contributed by atoms with E-state index in [-0.39, 0.29) is 5.78 Å². The number of benzene rings is 1. The van der Waals surface area contributed by atoms with E-state index in [1.54, 1.807) is 24.3 Å². The van der Waals surface area contributed by atoms with Crippen molar-refractivity contribution in [3.8, 4) is 0 Å². The van der Waals surface area contributed by atoms with Crippen molar-refractivity contribution < 1.29 is 14.7 Å². The summed E-state index contributed by atoms with van der Waals surface area (Å²) in [5, 5.41) is 8.32. The third-order valence-electron chi connectivity index (χ3n) is 1.35. The van der Waals surface area contributed by atoms with Crippen LogP contribution < -0.4 is 0 Å². The molecular formula is C9H7O3. The third kappa shape index (κ3) is 2.20. The Bertz CT molecular complexity index is 290. The Labute approximate surface area is 69.6 Å². The highest BCUT2D eigenvalue weighted by atomic mass is 16.4. The molecule has 0 heterocycles. The maximum atomic E-state index is 11.1. The second-order valence-electron chi connectivity index (χ2n) is 2.28. The zero-order chi connectivity index (χ0) is 8.97. The van der Waals surface area contributed by atoms with E-state index in [0.717, 1.165) is 0 Å². The molecule has 1 N–H and O–H groups in total. The van der Waals surface area contributed by atoms with Gasteiger partial charge in [0.25, 0.3) is 0 Å². The minimum Gasteiger partial charge on any atom is -0.481 e. The summed E-state index contributed by atoms with van der Waals surface area (Å²) in [5.41, 5.74) is 0.413. The van der Waals surface area contributed by atoms with Gasteiger partial charge in [-0.2, -0.15) is 0 Å². The summed E-state index contributed by atoms with van der Waals surface area (Å²) < 4.78 is 0. The van der Waals surface area contributed by atoms with Crippen LogP contribution in [0.5, 0.6) is 0 Å². The first-order valence-corrected chi connectivity index (χ1v) is 3.41. The molecule has 0 aliphatic heterocycles. The third-order valence-corrected chi connectivity index (χ3v) is 1.35. The molecular weight excluding hydrogens is 156 g/mol. The van der Waals surface area contributed by atoms with E-state index < -0.39 is 12.4 Å². The first-order chi connectivity index (χ1) is 5.70. The molecule has 0 saturated carbocycles. The van der Waals surface area contributed by atoms with Gasteiger partial charge in [0.1, 0.15) is 6.42 Å². The van der Waals surface area contributed by atoms with Crippen molar-refractivity contribution in [3.63, 3.8) is 0 Å². The van der Waals surface area contributed by atoms with E-state index in [1.165, 1.54) is 0 Å². The molecule has 1 rings (SSSR count). The summed E-state index contributed by atoms with van der Waals surface area (Å²) in [5.74, 6) is -1.48. The maximum absolute atomic E-state index is 11.1. The Morgan fingerprint density at radius 3 is 2.42 bits per heavy atom. The number of aliphatic carboxylic acids is 1. The lowest BCUT2D eigenvalue weighted by molar-refractivity contribution is -0.135. The van der Waals surface area contributed by atoms with Crippen LogP contribution in [0.25, 0.3) is 0 Å². The van der Waals surface area contributed by atoms with Crippen LogP contribution in [0.2, 0.25) is 0 Å². The molecule has 0 bridgehead atoms. The minimum absolute atomic E-state index is 0.378. The van der Waals surface area contributed by atoms with Gasteiger partial charge in [0.2, 0.25) is 0 Å². The quantitative estimate of drug-likeness (QED) is 0.537. The standard InChI is InChI=1S/C9H7O3/c10-8(6-9(11)12)7-4-2-1-3-5-7/h2-5H,6H2,(H,11,12). The predicted molar refractivity (Wildman–Crippen MR) is 41.9 cm³/mol. The van der Waals surface area contributed by atoms with Crippen LogP contribution >= 0.6 is 0 Å². The number of hydrogen-bond acceptors (Lipinski definition) is 2. The Kier molecular flexibility index (Phi) is 2.58. The lowest BCUT2D eigenvalue weighted by atomic mass is 10.1. The van der Waals surface area contributed by atoms with Gasteiger partial charge in [0.15, 0.2) is 5.78 Å². The van der Waals surface area contributed by atoms with Gasteiger partial charge in [0.05, 0.1) is 0 Å². The van der Waals surface area contributed by atoms with Gasteiger partial charge < -0.3 is 5.11 Å². The Morgan fingerprint density at radius 2 is 1.92 bits per heavy atom. The number of ketones is 1. The normalized spacial score (nSPS) is 9.33. The summed E-state index contributed by atoms with van der Waals surface area (Å²) in [7, 11) is 0. The highest BCUT2D eigenvalue weighted by molar-refractivity contribution is 6.05. The SMILES string of the molecule is O=C(O)CC(=O)c1cc[c]cc1. The smallest absolute Gasteiger partial charge is 0.311 e. The monoisotopic (exact) mass is 163 g/mol. The molecule has 0 aliphatic carbocycles. The number of Topliss-reactive ketones (excluding diaryl/α,β-unsaturated/α-hetero) is 1. The number of carboxylic acids is 1. The molecule has 0 aliphatic rings. The van der Waals surface area contributed by atoms with Gasteiger partial charge >= 0.3 is 5.97 Å². The average Bonchev–Trinajstić information content (AvgIpc) is 2.05. The maximum Gasteiger partial charge on any atom is 0.311 e. The second-order valence-corrected chi connectivity index (χ2v) is 2.28. The van der Waals surface area contributed by atoms with Gasteiger partial charge in [-0.3, -0.25) is 9.59 Å². The van der Waals surface area contributed by atoms with Crippen LogP contribution in [0.3, 0.4) is 0 Å². The Hall–Kier alpha value is -1.64. The number of carboxylic acid groups (broad SMARTS) is 1. The molecule has 0 spiro atoms. The molecule has 3 nitrogen and oxygen atoms in total. The van der Waals surface area contributed by atoms with E-state index in [2.05, 4.69) is 6.07 Å². The molecule has 0 aromatic heterocycles. The molecule has 0 unspecified atom stereocenters. The van der Waals surface area contributed by atoms with Crippen LogP contribution in [0.1, 0.15) is 16.8 Å². The fraction of sp³-hybridized carbons (Fsp3) is 0.111. The van der Waals surface area contributed by atoms with E-state index in [0.29, 0.717) is 5.56 Å². The summed E-state index contributed by atoms with van der Waals surface area (Å²) in [4.78, 5) is 21.2. The van der Waals surface area contributed by atoms with Crippen LogP contribution in [0, 0.1) is 6.07 Å². The van der Waals surface area contributed by atoms with Crippen molar-refractivity contribution in [2.75, 3.05) is 0 Å². The number of rotatable bonds is 3. The molecule has 1 aromatic rings. The Morgan fingerprint density at radius 1 is 1.33 bits per heavy atom. The zero-order valence-corrected chi connectivity index (χ0v) is 6.28. The van der Waals surface area contributed by atoms with E-state index in [1.807, 2.05) is 0 Å². The lowest BCUT2D eigenvalue weighted by Crippen LogP contribution is -2.06. The van der Waals surface area contributed by atoms with Gasteiger partial charge in [-0.25, -0.2) is 0 Å². The predicted octanol–water partition coefficient (Wildman–Crippen LogP) is 1.14. The summed E-state index contributed by atoms with van der Waals surface area (Å²) in [6.45, 7) is 0. The van der Waals surface area contributed by atoms with E-state index in [4.69, 9.17) is 5.11 Å². The van der Waals surface area contributed by atoms with Crippen LogP contribution in [-0.4, -0.2) is 16.9 Å². The average molecular weight is 163 g/mol. The van der Waals surface area contributed by atoms with E-state index >= 15 is 0 Å². The molecule has 0 saturated heterocycles. The first kappa shape index (κ1) is 8.46. The molecule has 12 heavy (non-hydrogen) atoms. The van der Waals surface area contributed by atoms with Gasteiger partial charge in [-0.05, 0) is 6.07 Å². The summed E-state index contributed by atoms with van der Waals surface area (Å²) >= 11 is 0. The molecule has 0 atom stereocenters. The summed E-state index contributed by atoms with van der Waals surface area (Å²) in [6, 6.07) is 8.99. The highest BCUT2D eigenvalue weighted by Crippen LogP contribution is 2.01. The number of carbonyl (C=O) groups excluding carboxylic acids is 1. The second kappa shape index (κ2) is 3.67. The lowest BCUT2D eigenvalue weighted by Gasteiger charge is -1.94. The molecule has 61 valence electrons. The fourth-order valence-corrected chi connectivity index (χ4v) is 0.812. The van der Waals surface area contributed by atoms with Crippen molar-refractivity contribution in [2.24, 2.45) is 0 Å². The summed E-state index contributed by atoms with van der Waals surface area (Å²) in [6.07, 6.45) is -0.454. The zero-order valence-electron chi connectivity index (χ0n) is 6.28. The van der Waals surface area contributed by atoms with Crippen molar-refractivity contribution in [1.29, 1.82) is 0 Å². The van der Waals surface area contributed by atoms with Crippen LogP contribution in [0.4, 0.5) is 0 Å². The minimum atomic E-state index is -1.10. The van der Waals surface area contributed by atoms with Crippen molar-refractivity contribution >= 4 is 11.8 Å².